The van der Waals surface area contributed by atoms with Gasteiger partial charge in [0, 0.05) is 13.9 Å². The van der Waals surface area contributed by atoms with Gasteiger partial charge in [-0.3, -0.25) is 4.79 Å². The number of aliphatic hydroxyl groups is 2. The van der Waals surface area contributed by atoms with Crippen LogP contribution in [0.25, 0.3) is 0 Å². The summed E-state index contributed by atoms with van der Waals surface area (Å²) in [5, 5.41) is 21.8. The first-order valence-corrected chi connectivity index (χ1v) is 8.17. The number of nitrogens with one attached hydrogen (secondary N) is 1. The SMILES string of the molecule is [3H]CCOC(=O)C1=C[C@@H](OC(C)C)[C@H](NC(C)=O)[C@@H](CC(O)CO)C1. The number of hydrogen-bond donors (Lipinski definition) is 3. The Morgan fingerprint density at radius 2 is 2.21 bits per heavy atom. The molecule has 0 aromatic rings. The maximum Gasteiger partial charge on any atom is 0.333 e. The van der Waals surface area contributed by atoms with Gasteiger partial charge in [0.2, 0.25) is 5.91 Å². The van der Waals surface area contributed by atoms with Gasteiger partial charge < -0.3 is 25.0 Å². The molecule has 7 nitrogen and oxygen atoms in total. The Bertz CT molecular complexity index is 482. The zero-order valence-corrected chi connectivity index (χ0v) is 14.5. The van der Waals surface area contributed by atoms with E-state index < -0.39 is 30.8 Å². The lowest BCUT2D eigenvalue weighted by atomic mass is 9.79. The molecule has 4 atom stereocenters. The average molecular weight is 345 g/mol. The summed E-state index contributed by atoms with van der Waals surface area (Å²) in [6.45, 7) is 4.68. The quantitative estimate of drug-likeness (QED) is 0.555. The fraction of sp³-hybridized carbons (Fsp3) is 0.765. The van der Waals surface area contributed by atoms with Crippen LogP contribution in [0.4, 0.5) is 0 Å². The molecule has 0 heterocycles. The molecule has 3 N–H and O–H groups in total. The summed E-state index contributed by atoms with van der Waals surface area (Å²) in [5.74, 6) is -1.05. The van der Waals surface area contributed by atoms with Crippen molar-refractivity contribution in [2.24, 2.45) is 5.92 Å². The number of carbonyl (C=O) groups excluding carboxylic acids is 2. The highest BCUT2D eigenvalue weighted by Crippen LogP contribution is 2.31. The molecule has 0 bridgehead atoms. The fourth-order valence-corrected chi connectivity index (χ4v) is 2.91. The van der Waals surface area contributed by atoms with E-state index >= 15 is 0 Å². The third-order valence-electron chi connectivity index (χ3n) is 3.79. The minimum atomic E-state index is -0.954. The molecular formula is C17H29NO6. The van der Waals surface area contributed by atoms with Crippen molar-refractivity contribution in [3.05, 3.63) is 11.6 Å². The molecule has 1 aliphatic rings. The molecule has 138 valence electrons. The summed E-state index contributed by atoms with van der Waals surface area (Å²) < 4.78 is 18.0. The van der Waals surface area contributed by atoms with Crippen molar-refractivity contribution >= 4 is 11.9 Å². The Morgan fingerprint density at radius 3 is 2.75 bits per heavy atom. The van der Waals surface area contributed by atoms with Gasteiger partial charge in [-0.05, 0) is 45.6 Å². The molecule has 1 rings (SSSR count). The number of amides is 1. The van der Waals surface area contributed by atoms with E-state index in [0.717, 1.165) is 0 Å². The van der Waals surface area contributed by atoms with E-state index in [1.165, 1.54) is 6.92 Å². The highest BCUT2D eigenvalue weighted by Gasteiger charge is 2.38. The van der Waals surface area contributed by atoms with Crippen LogP contribution in [0, 0.1) is 5.92 Å². The Morgan fingerprint density at radius 1 is 1.50 bits per heavy atom. The lowest BCUT2D eigenvalue weighted by Gasteiger charge is -2.38. The maximum absolute atomic E-state index is 12.2. The van der Waals surface area contributed by atoms with Crippen LogP contribution in [0.15, 0.2) is 11.6 Å². The topological polar surface area (TPSA) is 105 Å². The minimum Gasteiger partial charge on any atom is -0.463 e. The van der Waals surface area contributed by atoms with Crippen LogP contribution in [-0.2, 0) is 19.1 Å². The first-order valence-electron chi connectivity index (χ1n) is 8.87. The first kappa shape index (κ1) is 18.9. The largest absolute Gasteiger partial charge is 0.463 e. The predicted octanol–water partition coefficient (Wildman–Crippen LogP) is 0.537. The summed E-state index contributed by atoms with van der Waals surface area (Å²) >= 11 is 0. The van der Waals surface area contributed by atoms with Crippen LogP contribution in [0.3, 0.4) is 0 Å². The lowest BCUT2D eigenvalue weighted by molar-refractivity contribution is -0.139. The molecule has 0 saturated carbocycles. The molecule has 0 radical (unpaired) electrons. The molecule has 7 heteroatoms. The van der Waals surface area contributed by atoms with Crippen LogP contribution >= 0.6 is 0 Å². The van der Waals surface area contributed by atoms with Gasteiger partial charge in [0.1, 0.15) is 0 Å². The van der Waals surface area contributed by atoms with Crippen molar-refractivity contribution in [1.29, 1.82) is 0 Å². The van der Waals surface area contributed by atoms with Crippen LogP contribution in [0.5, 0.6) is 0 Å². The number of ether oxygens (including phenoxy) is 2. The standard InChI is InChI=1S/C17H29NO6/c1-5-23-17(22)13-6-12(7-14(21)9-19)16(18-11(4)20)15(8-13)24-10(2)3/h8,10,12,14-16,19,21H,5-7,9H2,1-4H3,(H,18,20)/t12-,14?,15-,16-/m1/s1/i1T. The lowest BCUT2D eigenvalue weighted by Crippen LogP contribution is -2.52. The Labute approximate surface area is 144 Å². The Balaban J connectivity index is 3.08. The van der Waals surface area contributed by atoms with E-state index in [0.29, 0.717) is 5.57 Å². The second-order valence-corrected chi connectivity index (χ2v) is 6.24. The van der Waals surface area contributed by atoms with Gasteiger partial charge in [-0.2, -0.15) is 0 Å². The number of rotatable bonds is 8. The number of esters is 1. The summed E-state index contributed by atoms with van der Waals surface area (Å²) in [6, 6.07) is -0.422. The van der Waals surface area contributed by atoms with Crippen molar-refractivity contribution in [1.82, 2.24) is 5.32 Å². The minimum absolute atomic E-state index is 0.00489. The molecule has 1 unspecified atom stereocenters. The van der Waals surface area contributed by atoms with Gasteiger partial charge in [-0.25, -0.2) is 4.79 Å². The third-order valence-corrected chi connectivity index (χ3v) is 3.79. The van der Waals surface area contributed by atoms with E-state index in [1.807, 2.05) is 13.8 Å². The first-order chi connectivity index (χ1) is 11.8. The van der Waals surface area contributed by atoms with E-state index in [-0.39, 0.29) is 44.3 Å². The van der Waals surface area contributed by atoms with Gasteiger partial charge in [-0.1, -0.05) is 0 Å². The van der Waals surface area contributed by atoms with Gasteiger partial charge in [0.25, 0.3) is 0 Å². The van der Waals surface area contributed by atoms with Crippen molar-refractivity contribution < 1.29 is 30.6 Å². The third kappa shape index (κ3) is 6.22. The molecule has 0 fully saturated rings. The van der Waals surface area contributed by atoms with Gasteiger partial charge in [0.15, 0.2) is 0 Å². The molecule has 0 spiro atoms. The van der Waals surface area contributed by atoms with Gasteiger partial charge in [-0.15, -0.1) is 0 Å². The summed E-state index contributed by atoms with van der Waals surface area (Å²) in [4.78, 5) is 23.8. The van der Waals surface area contributed by atoms with E-state index in [2.05, 4.69) is 5.32 Å². The van der Waals surface area contributed by atoms with Crippen molar-refractivity contribution in [3.8, 4) is 0 Å². The number of aliphatic hydroxyl groups excluding tert-OH is 2. The highest BCUT2D eigenvalue weighted by atomic mass is 16.5. The Hall–Kier alpha value is -1.44. The van der Waals surface area contributed by atoms with Crippen LogP contribution in [0.2, 0.25) is 0 Å². The number of hydrogen-bond acceptors (Lipinski definition) is 6. The van der Waals surface area contributed by atoms with E-state index in [1.54, 1.807) is 6.08 Å². The average Bonchev–Trinajstić information content (AvgIpc) is 2.54. The van der Waals surface area contributed by atoms with Crippen molar-refractivity contribution in [2.75, 3.05) is 13.2 Å². The molecule has 0 aliphatic heterocycles. The molecule has 24 heavy (non-hydrogen) atoms. The zero-order chi connectivity index (χ0) is 19.0. The predicted molar refractivity (Wildman–Crippen MR) is 88.1 cm³/mol. The van der Waals surface area contributed by atoms with Crippen LogP contribution in [0.1, 0.15) is 41.9 Å². The normalized spacial score (nSPS) is 25.7. The summed E-state index contributed by atoms with van der Waals surface area (Å²) in [6.07, 6.45) is 0.509. The molecule has 0 aromatic heterocycles. The van der Waals surface area contributed by atoms with Crippen LogP contribution in [-0.4, -0.2) is 59.7 Å². The molecule has 1 aliphatic carbocycles. The molecular weight excluding hydrogens is 314 g/mol. The number of carbonyl (C=O) groups is 2. The van der Waals surface area contributed by atoms with Gasteiger partial charge >= 0.3 is 5.97 Å². The van der Waals surface area contributed by atoms with Crippen molar-refractivity contribution in [3.63, 3.8) is 0 Å². The van der Waals surface area contributed by atoms with E-state index in [9.17, 15) is 14.7 Å². The van der Waals surface area contributed by atoms with Crippen LogP contribution < -0.4 is 5.32 Å². The second kappa shape index (κ2) is 9.76. The maximum atomic E-state index is 12.2. The molecule has 1 amide bonds. The highest BCUT2D eigenvalue weighted by molar-refractivity contribution is 5.89. The Kier molecular flexibility index (Phi) is 7.68. The second-order valence-electron chi connectivity index (χ2n) is 6.24. The molecule has 0 aromatic carbocycles. The smallest absolute Gasteiger partial charge is 0.333 e. The monoisotopic (exact) mass is 345 g/mol. The zero-order valence-electron chi connectivity index (χ0n) is 15.5. The fourth-order valence-electron chi connectivity index (χ4n) is 2.91. The van der Waals surface area contributed by atoms with Crippen molar-refractivity contribution in [2.45, 2.75) is 64.9 Å². The molecule has 0 saturated heterocycles. The summed E-state index contributed by atoms with van der Waals surface area (Å²) in [5.41, 5.74) is 0.399. The van der Waals surface area contributed by atoms with E-state index in [4.69, 9.17) is 16.0 Å². The summed E-state index contributed by atoms with van der Waals surface area (Å²) in [7, 11) is 0. The van der Waals surface area contributed by atoms with Gasteiger partial charge in [0.05, 0.1) is 37.6 Å².